The van der Waals surface area contributed by atoms with Crippen molar-refractivity contribution < 1.29 is 9.90 Å². The van der Waals surface area contributed by atoms with Crippen LogP contribution in [0.2, 0.25) is 5.15 Å². The molecule has 0 atom stereocenters. The van der Waals surface area contributed by atoms with E-state index < -0.39 is 5.97 Å². The topological polar surface area (TPSA) is 76.0 Å². The van der Waals surface area contributed by atoms with Crippen LogP contribution in [-0.2, 0) is 0 Å². The number of aromatic nitrogens is 3. The molecule has 5 nitrogen and oxygen atoms in total. The van der Waals surface area contributed by atoms with Crippen molar-refractivity contribution >= 4 is 29.3 Å². The van der Waals surface area contributed by atoms with E-state index in [1.807, 2.05) is 0 Å². The van der Waals surface area contributed by atoms with Crippen LogP contribution in [0, 0.1) is 0 Å². The zero-order valence-corrected chi connectivity index (χ0v) is 9.94. The Bertz CT molecular complexity index is 565. The van der Waals surface area contributed by atoms with Crippen LogP contribution < -0.4 is 0 Å². The number of rotatable bonds is 3. The third kappa shape index (κ3) is 3.15. The van der Waals surface area contributed by atoms with E-state index >= 15 is 0 Å². The first kappa shape index (κ1) is 11.8. The molecule has 0 spiro atoms. The Hall–Kier alpha value is -1.66. The van der Waals surface area contributed by atoms with Gasteiger partial charge in [0.2, 0.25) is 0 Å². The Morgan fingerprint density at radius 3 is 2.88 bits per heavy atom. The molecular formula is C10H6ClN3O2S. The van der Waals surface area contributed by atoms with Gasteiger partial charge in [-0.15, -0.1) is 0 Å². The first-order valence-corrected chi connectivity index (χ1v) is 5.69. The maximum Gasteiger partial charge on any atom is 0.335 e. The van der Waals surface area contributed by atoms with Crippen LogP contribution >= 0.6 is 23.4 Å². The largest absolute Gasteiger partial charge is 0.478 e. The Labute approximate surface area is 106 Å². The Kier molecular flexibility index (Phi) is 3.55. The van der Waals surface area contributed by atoms with E-state index in [1.165, 1.54) is 42.5 Å². The fourth-order valence-corrected chi connectivity index (χ4v) is 2.05. The number of pyridine rings is 1. The molecule has 0 aliphatic heterocycles. The molecule has 0 fully saturated rings. The van der Waals surface area contributed by atoms with Gasteiger partial charge >= 0.3 is 5.97 Å². The van der Waals surface area contributed by atoms with Crippen molar-refractivity contribution in [3.8, 4) is 0 Å². The SMILES string of the molecule is O=C(O)c1ccnc(Sc2cncc(Cl)n2)c1. The lowest BCUT2D eigenvalue weighted by atomic mass is 10.3. The standard InChI is InChI=1S/C10H6ClN3O2S/c11-7-4-12-5-9(14-7)17-8-3-6(10(15)16)1-2-13-8/h1-5H,(H,15,16). The summed E-state index contributed by atoms with van der Waals surface area (Å²) in [5.74, 6) is -0.994. The van der Waals surface area contributed by atoms with Crippen LogP contribution in [0.3, 0.4) is 0 Å². The van der Waals surface area contributed by atoms with Gasteiger partial charge in [-0.25, -0.2) is 14.8 Å². The van der Waals surface area contributed by atoms with E-state index in [-0.39, 0.29) is 10.7 Å². The summed E-state index contributed by atoms with van der Waals surface area (Å²) in [7, 11) is 0. The Balaban J connectivity index is 2.24. The summed E-state index contributed by atoms with van der Waals surface area (Å²) in [5, 5.41) is 10.2. The number of carboxylic acid groups (broad SMARTS) is 1. The maximum atomic E-state index is 10.8. The van der Waals surface area contributed by atoms with Gasteiger partial charge in [0.1, 0.15) is 15.2 Å². The average Bonchev–Trinajstić information content (AvgIpc) is 2.29. The number of hydrogen-bond donors (Lipinski definition) is 1. The Morgan fingerprint density at radius 2 is 2.18 bits per heavy atom. The molecular weight excluding hydrogens is 262 g/mol. The summed E-state index contributed by atoms with van der Waals surface area (Å²) in [6, 6.07) is 2.89. The first-order chi connectivity index (χ1) is 8.15. The van der Waals surface area contributed by atoms with Crippen LogP contribution in [0.4, 0.5) is 0 Å². The third-order valence-electron chi connectivity index (χ3n) is 1.77. The van der Waals surface area contributed by atoms with Crippen molar-refractivity contribution in [3.05, 3.63) is 41.4 Å². The molecule has 0 unspecified atom stereocenters. The van der Waals surface area contributed by atoms with E-state index in [0.29, 0.717) is 10.1 Å². The number of hydrogen-bond acceptors (Lipinski definition) is 5. The van der Waals surface area contributed by atoms with Crippen molar-refractivity contribution in [2.75, 3.05) is 0 Å². The summed E-state index contributed by atoms with van der Waals surface area (Å²) < 4.78 is 0. The first-order valence-electron chi connectivity index (χ1n) is 4.50. The van der Waals surface area contributed by atoms with Crippen LogP contribution in [0.15, 0.2) is 40.8 Å². The fourth-order valence-electron chi connectivity index (χ4n) is 1.08. The monoisotopic (exact) mass is 267 g/mol. The molecule has 17 heavy (non-hydrogen) atoms. The zero-order valence-electron chi connectivity index (χ0n) is 8.37. The zero-order chi connectivity index (χ0) is 12.3. The molecule has 0 radical (unpaired) electrons. The minimum Gasteiger partial charge on any atom is -0.478 e. The number of aromatic carboxylic acids is 1. The van der Waals surface area contributed by atoms with Crippen LogP contribution in [-0.4, -0.2) is 26.0 Å². The van der Waals surface area contributed by atoms with Crippen molar-refractivity contribution in [3.63, 3.8) is 0 Å². The molecule has 0 aliphatic rings. The highest BCUT2D eigenvalue weighted by Crippen LogP contribution is 2.24. The van der Waals surface area contributed by atoms with Gasteiger partial charge in [0.25, 0.3) is 0 Å². The lowest BCUT2D eigenvalue weighted by Crippen LogP contribution is -1.96. The average molecular weight is 268 g/mol. The molecule has 7 heteroatoms. The minimum absolute atomic E-state index is 0.178. The molecule has 2 aromatic rings. The second kappa shape index (κ2) is 5.11. The lowest BCUT2D eigenvalue weighted by Gasteiger charge is -2.00. The van der Waals surface area contributed by atoms with E-state index in [0.717, 1.165) is 0 Å². The van der Waals surface area contributed by atoms with Crippen LogP contribution in [0.1, 0.15) is 10.4 Å². The quantitative estimate of drug-likeness (QED) is 0.920. The molecule has 0 saturated heterocycles. The summed E-state index contributed by atoms with van der Waals surface area (Å²) in [4.78, 5) is 22.7. The summed E-state index contributed by atoms with van der Waals surface area (Å²) >= 11 is 6.89. The highest BCUT2D eigenvalue weighted by molar-refractivity contribution is 7.99. The summed E-state index contributed by atoms with van der Waals surface area (Å²) in [6.45, 7) is 0. The summed E-state index contributed by atoms with van der Waals surface area (Å²) in [5.41, 5.74) is 0.178. The molecule has 0 saturated carbocycles. The van der Waals surface area contributed by atoms with Crippen molar-refractivity contribution in [1.29, 1.82) is 0 Å². The normalized spacial score (nSPS) is 10.2. The number of nitrogens with zero attached hydrogens (tertiary/aromatic N) is 3. The van der Waals surface area contributed by atoms with Gasteiger partial charge in [0, 0.05) is 6.20 Å². The third-order valence-corrected chi connectivity index (χ3v) is 2.79. The van der Waals surface area contributed by atoms with Gasteiger partial charge in [-0.1, -0.05) is 11.6 Å². The predicted molar refractivity (Wildman–Crippen MR) is 62.4 cm³/mol. The van der Waals surface area contributed by atoms with E-state index in [1.54, 1.807) is 0 Å². The molecule has 86 valence electrons. The number of carbonyl (C=O) groups is 1. The molecule has 2 heterocycles. The molecule has 2 aromatic heterocycles. The molecule has 0 amide bonds. The van der Waals surface area contributed by atoms with E-state index in [2.05, 4.69) is 15.0 Å². The van der Waals surface area contributed by atoms with Gasteiger partial charge < -0.3 is 5.11 Å². The Morgan fingerprint density at radius 1 is 1.35 bits per heavy atom. The smallest absolute Gasteiger partial charge is 0.335 e. The minimum atomic E-state index is -0.994. The second-order valence-electron chi connectivity index (χ2n) is 2.97. The maximum absolute atomic E-state index is 10.8. The number of carboxylic acids is 1. The van der Waals surface area contributed by atoms with Gasteiger partial charge in [-0.05, 0) is 23.9 Å². The molecule has 0 bridgehead atoms. The van der Waals surface area contributed by atoms with E-state index in [9.17, 15) is 4.79 Å². The van der Waals surface area contributed by atoms with E-state index in [4.69, 9.17) is 16.7 Å². The van der Waals surface area contributed by atoms with Crippen molar-refractivity contribution in [2.24, 2.45) is 0 Å². The van der Waals surface area contributed by atoms with Gasteiger partial charge in [-0.2, -0.15) is 0 Å². The van der Waals surface area contributed by atoms with Crippen molar-refractivity contribution in [1.82, 2.24) is 15.0 Å². The summed E-state index contributed by atoms with van der Waals surface area (Å²) in [6.07, 6.45) is 4.39. The van der Waals surface area contributed by atoms with Gasteiger partial charge in [0.05, 0.1) is 18.0 Å². The van der Waals surface area contributed by atoms with Crippen LogP contribution in [0.25, 0.3) is 0 Å². The van der Waals surface area contributed by atoms with Crippen LogP contribution in [0.5, 0.6) is 0 Å². The molecule has 2 rings (SSSR count). The lowest BCUT2D eigenvalue weighted by molar-refractivity contribution is 0.0696. The fraction of sp³-hybridized carbons (Fsp3) is 0. The van der Waals surface area contributed by atoms with Gasteiger partial charge in [-0.3, -0.25) is 4.98 Å². The molecule has 1 N–H and O–H groups in total. The highest BCUT2D eigenvalue weighted by atomic mass is 35.5. The second-order valence-corrected chi connectivity index (χ2v) is 4.40. The molecule has 0 aromatic carbocycles. The molecule has 0 aliphatic carbocycles. The van der Waals surface area contributed by atoms with Gasteiger partial charge in [0.15, 0.2) is 0 Å². The van der Waals surface area contributed by atoms with Crippen molar-refractivity contribution in [2.45, 2.75) is 10.1 Å². The highest BCUT2D eigenvalue weighted by Gasteiger charge is 2.06. The number of halogens is 1. The predicted octanol–water partition coefficient (Wildman–Crippen LogP) is 2.37.